The van der Waals surface area contributed by atoms with E-state index < -0.39 is 5.97 Å². The number of nitrogens with zero attached hydrogens (tertiary/aromatic N) is 1. The molecule has 2 rings (SSSR count). The maximum Gasteiger partial charge on any atom is 0.356 e. The largest absolute Gasteiger partial charge is 0.461 e. The first kappa shape index (κ1) is 14.3. The number of carbonyl (C=O) groups is 1. The molecule has 0 radical (unpaired) electrons. The Hall–Kier alpha value is -2.14. The van der Waals surface area contributed by atoms with Crippen LogP contribution in [0.2, 0.25) is 0 Å². The molecule has 1 heterocycles. The van der Waals surface area contributed by atoms with Gasteiger partial charge >= 0.3 is 5.97 Å². The second-order valence-corrected chi connectivity index (χ2v) is 4.40. The molecule has 1 unspecified atom stereocenters. The smallest absolute Gasteiger partial charge is 0.356 e. The number of aliphatic hydroxyl groups is 1. The van der Waals surface area contributed by atoms with E-state index in [1.807, 2.05) is 30.3 Å². The molecule has 0 aliphatic carbocycles. The number of nitrogens with one attached hydrogen (secondary N) is 1. The van der Waals surface area contributed by atoms with Crippen molar-refractivity contribution in [3.05, 3.63) is 53.3 Å². The molecule has 2 aromatic rings. The van der Waals surface area contributed by atoms with Gasteiger partial charge in [0.05, 0.1) is 12.3 Å². The lowest BCUT2D eigenvalue weighted by Gasteiger charge is -2.13. The Balaban J connectivity index is 2.24. The SMILES string of the molecule is CCOC(=O)c1cc(C(CCO)c2ccccc2)n[nH]1. The zero-order valence-corrected chi connectivity index (χ0v) is 11.4. The van der Waals surface area contributed by atoms with Gasteiger partial charge < -0.3 is 9.84 Å². The number of hydrogen-bond donors (Lipinski definition) is 2. The highest BCUT2D eigenvalue weighted by Crippen LogP contribution is 2.26. The van der Waals surface area contributed by atoms with Gasteiger partial charge in [0.15, 0.2) is 0 Å². The van der Waals surface area contributed by atoms with Crippen LogP contribution < -0.4 is 0 Å². The van der Waals surface area contributed by atoms with Crippen LogP contribution in [0, 0.1) is 0 Å². The fraction of sp³-hybridized carbons (Fsp3) is 0.333. The van der Waals surface area contributed by atoms with Crippen molar-refractivity contribution < 1.29 is 14.6 Å². The van der Waals surface area contributed by atoms with Crippen molar-refractivity contribution in [1.82, 2.24) is 10.2 Å². The number of ether oxygens (including phenoxy) is 1. The van der Waals surface area contributed by atoms with Crippen LogP contribution in [0.5, 0.6) is 0 Å². The molecular weight excluding hydrogens is 256 g/mol. The molecule has 0 aliphatic rings. The van der Waals surface area contributed by atoms with E-state index in [0.29, 0.717) is 18.7 Å². The Morgan fingerprint density at radius 3 is 2.80 bits per heavy atom. The van der Waals surface area contributed by atoms with Crippen LogP contribution in [-0.4, -0.2) is 34.5 Å². The summed E-state index contributed by atoms with van der Waals surface area (Å²) >= 11 is 0. The first-order valence-electron chi connectivity index (χ1n) is 6.64. The minimum Gasteiger partial charge on any atom is -0.461 e. The third kappa shape index (κ3) is 3.24. The van der Waals surface area contributed by atoms with Crippen LogP contribution in [0.15, 0.2) is 36.4 Å². The van der Waals surface area contributed by atoms with E-state index in [1.165, 1.54) is 0 Å². The van der Waals surface area contributed by atoms with E-state index in [9.17, 15) is 9.90 Å². The van der Waals surface area contributed by atoms with Crippen molar-refractivity contribution in [2.45, 2.75) is 19.3 Å². The summed E-state index contributed by atoms with van der Waals surface area (Å²) in [4.78, 5) is 11.6. The van der Waals surface area contributed by atoms with Crippen molar-refractivity contribution in [2.75, 3.05) is 13.2 Å². The van der Waals surface area contributed by atoms with Gasteiger partial charge in [-0.05, 0) is 25.0 Å². The normalized spacial score (nSPS) is 12.1. The van der Waals surface area contributed by atoms with Gasteiger partial charge in [0, 0.05) is 12.5 Å². The summed E-state index contributed by atoms with van der Waals surface area (Å²) in [5, 5.41) is 16.1. The molecule has 0 bridgehead atoms. The van der Waals surface area contributed by atoms with Gasteiger partial charge in [0.25, 0.3) is 0 Å². The van der Waals surface area contributed by atoms with Crippen molar-refractivity contribution in [3.63, 3.8) is 0 Å². The Morgan fingerprint density at radius 2 is 2.15 bits per heavy atom. The van der Waals surface area contributed by atoms with Gasteiger partial charge in [-0.3, -0.25) is 5.10 Å². The Labute approximate surface area is 117 Å². The first-order chi connectivity index (χ1) is 9.76. The molecule has 106 valence electrons. The number of rotatable bonds is 6. The summed E-state index contributed by atoms with van der Waals surface area (Å²) < 4.78 is 4.93. The minimum absolute atomic E-state index is 0.0411. The quantitative estimate of drug-likeness (QED) is 0.791. The second-order valence-electron chi connectivity index (χ2n) is 4.40. The summed E-state index contributed by atoms with van der Waals surface area (Å²) in [5.74, 6) is -0.456. The fourth-order valence-electron chi connectivity index (χ4n) is 2.13. The minimum atomic E-state index is -0.415. The lowest BCUT2D eigenvalue weighted by Crippen LogP contribution is -2.05. The zero-order valence-electron chi connectivity index (χ0n) is 11.4. The van der Waals surface area contributed by atoms with Crippen LogP contribution in [0.1, 0.15) is 41.0 Å². The Kier molecular flexibility index (Phi) is 4.90. The van der Waals surface area contributed by atoms with Crippen molar-refractivity contribution in [1.29, 1.82) is 0 Å². The van der Waals surface area contributed by atoms with Crippen molar-refractivity contribution in [3.8, 4) is 0 Å². The number of aliphatic hydroxyl groups excluding tert-OH is 1. The number of aromatic amines is 1. The maximum atomic E-state index is 11.6. The molecule has 0 amide bonds. The van der Waals surface area contributed by atoms with Crippen molar-refractivity contribution >= 4 is 5.97 Å². The van der Waals surface area contributed by atoms with Crippen LogP contribution >= 0.6 is 0 Å². The van der Waals surface area contributed by atoms with E-state index in [1.54, 1.807) is 13.0 Å². The first-order valence-corrected chi connectivity index (χ1v) is 6.64. The van der Waals surface area contributed by atoms with Gasteiger partial charge in [-0.25, -0.2) is 4.79 Å². The molecule has 0 saturated carbocycles. The van der Waals surface area contributed by atoms with E-state index >= 15 is 0 Å². The van der Waals surface area contributed by atoms with E-state index in [0.717, 1.165) is 11.3 Å². The zero-order chi connectivity index (χ0) is 14.4. The predicted octanol–water partition coefficient (Wildman–Crippen LogP) is 2.10. The molecule has 0 aliphatic heterocycles. The molecule has 1 aromatic heterocycles. The van der Waals surface area contributed by atoms with Gasteiger partial charge in [-0.15, -0.1) is 0 Å². The number of carbonyl (C=O) groups excluding carboxylic acids is 1. The summed E-state index contributed by atoms with van der Waals surface area (Å²) in [5.41, 5.74) is 2.12. The molecule has 1 atom stereocenters. The highest BCUT2D eigenvalue weighted by Gasteiger charge is 2.19. The molecule has 1 aromatic carbocycles. The molecule has 5 nitrogen and oxygen atoms in total. The lowest BCUT2D eigenvalue weighted by atomic mass is 9.93. The Morgan fingerprint density at radius 1 is 1.40 bits per heavy atom. The molecule has 2 N–H and O–H groups in total. The number of H-pyrrole nitrogens is 1. The van der Waals surface area contributed by atoms with Gasteiger partial charge in [0.1, 0.15) is 5.69 Å². The van der Waals surface area contributed by atoms with Crippen molar-refractivity contribution in [2.24, 2.45) is 0 Å². The van der Waals surface area contributed by atoms with Crippen LogP contribution in [0.25, 0.3) is 0 Å². The second kappa shape index (κ2) is 6.86. The average molecular weight is 274 g/mol. The van der Waals surface area contributed by atoms with E-state index in [4.69, 9.17) is 4.74 Å². The number of hydrogen-bond acceptors (Lipinski definition) is 4. The number of esters is 1. The average Bonchev–Trinajstić information content (AvgIpc) is 2.95. The summed E-state index contributed by atoms with van der Waals surface area (Å²) in [6.07, 6.45) is 0.553. The fourth-order valence-corrected chi connectivity index (χ4v) is 2.13. The van der Waals surface area contributed by atoms with Crippen LogP contribution in [0.4, 0.5) is 0 Å². The molecule has 20 heavy (non-hydrogen) atoms. The monoisotopic (exact) mass is 274 g/mol. The predicted molar refractivity (Wildman–Crippen MR) is 74.5 cm³/mol. The molecule has 0 saturated heterocycles. The Bertz CT molecular complexity index is 551. The van der Waals surface area contributed by atoms with E-state index in [-0.39, 0.29) is 12.5 Å². The molecule has 5 heteroatoms. The third-order valence-electron chi connectivity index (χ3n) is 3.07. The topological polar surface area (TPSA) is 75.2 Å². The maximum absolute atomic E-state index is 11.6. The summed E-state index contributed by atoms with van der Waals surface area (Å²) in [6.45, 7) is 2.14. The highest BCUT2D eigenvalue weighted by molar-refractivity contribution is 5.87. The highest BCUT2D eigenvalue weighted by atomic mass is 16.5. The summed E-state index contributed by atoms with van der Waals surface area (Å²) in [7, 11) is 0. The molecular formula is C15H18N2O3. The standard InChI is InChI=1S/C15H18N2O3/c1-2-20-15(19)14-10-13(16-17-14)12(8-9-18)11-6-4-3-5-7-11/h3-7,10,12,18H,2,8-9H2,1H3,(H,16,17). The van der Waals surface area contributed by atoms with Gasteiger partial charge in [-0.1, -0.05) is 30.3 Å². The van der Waals surface area contributed by atoms with Gasteiger partial charge in [-0.2, -0.15) is 5.10 Å². The van der Waals surface area contributed by atoms with E-state index in [2.05, 4.69) is 10.2 Å². The van der Waals surface area contributed by atoms with Crippen LogP contribution in [-0.2, 0) is 4.74 Å². The van der Waals surface area contributed by atoms with Gasteiger partial charge in [0.2, 0.25) is 0 Å². The lowest BCUT2D eigenvalue weighted by molar-refractivity contribution is 0.0519. The third-order valence-corrected chi connectivity index (χ3v) is 3.07. The number of benzene rings is 1. The summed E-state index contributed by atoms with van der Waals surface area (Å²) in [6, 6.07) is 11.5. The number of aromatic nitrogens is 2. The molecule has 0 spiro atoms. The molecule has 0 fully saturated rings. The van der Waals surface area contributed by atoms with Crippen LogP contribution in [0.3, 0.4) is 0 Å².